The fourth-order valence-corrected chi connectivity index (χ4v) is 1.35. The van der Waals surface area contributed by atoms with Gasteiger partial charge in [0.05, 0.1) is 0 Å². The Labute approximate surface area is 85.3 Å². The molecular weight excluding hydrogens is 177 g/mol. The van der Waals surface area contributed by atoms with Crippen molar-refractivity contribution in [1.82, 2.24) is 5.32 Å². The van der Waals surface area contributed by atoms with Gasteiger partial charge in [0.1, 0.15) is 5.82 Å². The van der Waals surface area contributed by atoms with Gasteiger partial charge in [-0.3, -0.25) is 0 Å². The first-order chi connectivity index (χ1) is 6.59. The predicted octanol–water partition coefficient (Wildman–Crippen LogP) is 2.67. The molecule has 0 bridgehead atoms. The van der Waals surface area contributed by atoms with Gasteiger partial charge in [-0.2, -0.15) is 0 Å². The molecular formula is C12H18FN. The molecule has 0 heterocycles. The average molecular weight is 195 g/mol. The summed E-state index contributed by atoms with van der Waals surface area (Å²) >= 11 is 0. The van der Waals surface area contributed by atoms with Gasteiger partial charge in [0.15, 0.2) is 0 Å². The number of hydrogen-bond donors (Lipinski definition) is 1. The molecule has 0 unspecified atom stereocenters. The highest BCUT2D eigenvalue weighted by Gasteiger charge is 2.01. The van der Waals surface area contributed by atoms with Gasteiger partial charge in [-0.25, -0.2) is 4.39 Å². The van der Waals surface area contributed by atoms with Crippen LogP contribution in [0.2, 0.25) is 0 Å². The summed E-state index contributed by atoms with van der Waals surface area (Å²) in [5.41, 5.74) is 1.77. The van der Waals surface area contributed by atoms with E-state index in [1.165, 1.54) is 0 Å². The van der Waals surface area contributed by atoms with Crippen LogP contribution in [0.3, 0.4) is 0 Å². The standard InChI is InChI=1S/C12H18FN/c1-9(2)14-7-6-11-5-4-10(3)8-12(11)13/h4-5,8-9,14H,6-7H2,1-3H3. The Bertz CT molecular complexity index is 294. The van der Waals surface area contributed by atoms with E-state index in [0.29, 0.717) is 6.04 Å². The summed E-state index contributed by atoms with van der Waals surface area (Å²) in [6.07, 6.45) is 0.754. The van der Waals surface area contributed by atoms with E-state index >= 15 is 0 Å². The molecule has 0 aromatic heterocycles. The van der Waals surface area contributed by atoms with Crippen LogP contribution in [0, 0.1) is 12.7 Å². The Morgan fingerprint density at radius 1 is 1.36 bits per heavy atom. The highest BCUT2D eigenvalue weighted by molar-refractivity contribution is 5.23. The summed E-state index contributed by atoms with van der Waals surface area (Å²) in [7, 11) is 0. The quantitative estimate of drug-likeness (QED) is 0.779. The van der Waals surface area contributed by atoms with Gasteiger partial charge < -0.3 is 5.32 Å². The number of hydrogen-bond acceptors (Lipinski definition) is 1. The van der Waals surface area contributed by atoms with Crippen molar-refractivity contribution >= 4 is 0 Å². The molecule has 2 heteroatoms. The van der Waals surface area contributed by atoms with Crippen molar-refractivity contribution < 1.29 is 4.39 Å². The largest absolute Gasteiger partial charge is 0.314 e. The molecule has 1 aromatic carbocycles. The third-order valence-corrected chi connectivity index (χ3v) is 2.16. The second-order valence-corrected chi connectivity index (χ2v) is 3.95. The zero-order chi connectivity index (χ0) is 10.6. The van der Waals surface area contributed by atoms with E-state index in [-0.39, 0.29) is 5.82 Å². The van der Waals surface area contributed by atoms with Gasteiger partial charge in [0, 0.05) is 6.04 Å². The zero-order valence-corrected chi connectivity index (χ0v) is 9.10. The summed E-state index contributed by atoms with van der Waals surface area (Å²) in [4.78, 5) is 0. The maximum atomic E-state index is 13.3. The second-order valence-electron chi connectivity index (χ2n) is 3.95. The monoisotopic (exact) mass is 195 g/mol. The third-order valence-electron chi connectivity index (χ3n) is 2.16. The predicted molar refractivity (Wildman–Crippen MR) is 58.0 cm³/mol. The molecule has 0 aliphatic carbocycles. The van der Waals surface area contributed by atoms with Crippen LogP contribution < -0.4 is 5.32 Å². The minimum atomic E-state index is -0.0874. The molecule has 0 aliphatic rings. The van der Waals surface area contributed by atoms with Crippen molar-refractivity contribution in [2.75, 3.05) is 6.54 Å². The van der Waals surface area contributed by atoms with Crippen LogP contribution in [-0.2, 0) is 6.42 Å². The van der Waals surface area contributed by atoms with Crippen LogP contribution in [0.5, 0.6) is 0 Å². The molecule has 78 valence electrons. The molecule has 1 aromatic rings. The number of benzene rings is 1. The molecule has 1 rings (SSSR count). The smallest absolute Gasteiger partial charge is 0.126 e. The molecule has 0 spiro atoms. The lowest BCUT2D eigenvalue weighted by molar-refractivity contribution is 0.568. The van der Waals surface area contributed by atoms with Gasteiger partial charge in [-0.15, -0.1) is 0 Å². The molecule has 0 saturated heterocycles. The summed E-state index contributed by atoms with van der Waals surface area (Å²) in [5.74, 6) is -0.0874. The second kappa shape index (κ2) is 5.11. The maximum Gasteiger partial charge on any atom is 0.126 e. The minimum Gasteiger partial charge on any atom is -0.314 e. The van der Waals surface area contributed by atoms with Crippen LogP contribution in [0.1, 0.15) is 25.0 Å². The van der Waals surface area contributed by atoms with Crippen molar-refractivity contribution in [3.63, 3.8) is 0 Å². The van der Waals surface area contributed by atoms with Crippen molar-refractivity contribution in [2.24, 2.45) is 0 Å². The molecule has 0 amide bonds. The molecule has 0 atom stereocenters. The lowest BCUT2D eigenvalue weighted by Gasteiger charge is -2.08. The summed E-state index contributed by atoms with van der Waals surface area (Å²) in [5, 5.41) is 3.27. The van der Waals surface area contributed by atoms with Crippen LogP contribution in [0.15, 0.2) is 18.2 Å². The van der Waals surface area contributed by atoms with Crippen LogP contribution in [0.4, 0.5) is 4.39 Å². The normalized spacial score (nSPS) is 10.9. The lowest BCUT2D eigenvalue weighted by atomic mass is 10.1. The molecule has 1 nitrogen and oxygen atoms in total. The minimum absolute atomic E-state index is 0.0874. The van der Waals surface area contributed by atoms with Crippen molar-refractivity contribution in [3.05, 3.63) is 35.1 Å². The van der Waals surface area contributed by atoms with Crippen molar-refractivity contribution in [2.45, 2.75) is 33.2 Å². The van der Waals surface area contributed by atoms with Crippen LogP contribution in [-0.4, -0.2) is 12.6 Å². The molecule has 0 fully saturated rings. The Morgan fingerprint density at radius 3 is 2.64 bits per heavy atom. The fourth-order valence-electron chi connectivity index (χ4n) is 1.35. The van der Waals surface area contributed by atoms with Gasteiger partial charge in [0.25, 0.3) is 0 Å². The number of halogens is 1. The number of aryl methyl sites for hydroxylation is 1. The first-order valence-corrected chi connectivity index (χ1v) is 5.08. The summed E-state index contributed by atoms with van der Waals surface area (Å²) in [6.45, 7) is 6.91. The molecule has 0 saturated carbocycles. The summed E-state index contributed by atoms with van der Waals surface area (Å²) < 4.78 is 13.3. The van der Waals surface area contributed by atoms with E-state index < -0.39 is 0 Å². The Kier molecular flexibility index (Phi) is 4.08. The Hall–Kier alpha value is -0.890. The van der Waals surface area contributed by atoms with Crippen LogP contribution in [0.25, 0.3) is 0 Å². The van der Waals surface area contributed by atoms with Gasteiger partial charge >= 0.3 is 0 Å². The third kappa shape index (κ3) is 3.46. The molecule has 0 aliphatic heterocycles. The summed E-state index contributed by atoms with van der Waals surface area (Å²) in [6, 6.07) is 5.87. The van der Waals surface area contributed by atoms with E-state index in [9.17, 15) is 4.39 Å². The first-order valence-electron chi connectivity index (χ1n) is 5.08. The van der Waals surface area contributed by atoms with E-state index in [1.807, 2.05) is 19.1 Å². The van der Waals surface area contributed by atoms with Crippen LogP contribution >= 0.6 is 0 Å². The van der Waals surface area contributed by atoms with E-state index in [1.54, 1.807) is 6.07 Å². The zero-order valence-electron chi connectivity index (χ0n) is 9.10. The molecule has 14 heavy (non-hydrogen) atoms. The maximum absolute atomic E-state index is 13.3. The average Bonchev–Trinajstić information content (AvgIpc) is 2.08. The SMILES string of the molecule is Cc1ccc(CCNC(C)C)c(F)c1. The van der Waals surface area contributed by atoms with Crippen molar-refractivity contribution in [1.29, 1.82) is 0 Å². The highest BCUT2D eigenvalue weighted by atomic mass is 19.1. The van der Waals surface area contributed by atoms with Crippen molar-refractivity contribution in [3.8, 4) is 0 Å². The number of nitrogens with one attached hydrogen (secondary N) is 1. The van der Waals surface area contributed by atoms with Gasteiger partial charge in [0.2, 0.25) is 0 Å². The van der Waals surface area contributed by atoms with Gasteiger partial charge in [-0.1, -0.05) is 26.0 Å². The van der Waals surface area contributed by atoms with E-state index in [4.69, 9.17) is 0 Å². The Balaban J connectivity index is 2.51. The highest BCUT2D eigenvalue weighted by Crippen LogP contribution is 2.09. The fraction of sp³-hybridized carbons (Fsp3) is 0.500. The van der Waals surface area contributed by atoms with E-state index in [2.05, 4.69) is 19.2 Å². The molecule has 1 N–H and O–H groups in total. The topological polar surface area (TPSA) is 12.0 Å². The first kappa shape index (κ1) is 11.2. The van der Waals surface area contributed by atoms with Gasteiger partial charge in [-0.05, 0) is 37.1 Å². The van der Waals surface area contributed by atoms with E-state index in [0.717, 1.165) is 24.1 Å². The molecule has 0 radical (unpaired) electrons. The Morgan fingerprint density at radius 2 is 2.07 bits per heavy atom. The number of rotatable bonds is 4. The lowest BCUT2D eigenvalue weighted by Crippen LogP contribution is -2.25.